The van der Waals surface area contributed by atoms with Crippen LogP contribution in [0.5, 0.6) is 0 Å². The lowest BCUT2D eigenvalue weighted by Gasteiger charge is -2.20. The molecule has 0 saturated heterocycles. The number of rotatable bonds is 8. The molecule has 0 aliphatic heterocycles. The molecule has 0 aliphatic rings. The fourth-order valence-corrected chi connectivity index (χ4v) is 5.48. The third kappa shape index (κ3) is 5.54. The molecular formula is C26H26N2OS2. The SMILES string of the molecule is Cc1cc(C)c2sc(N(Cc3ccccc3)C(=O)CCCSc3ccccc3)nc2c1. The molecule has 0 N–H and O–H groups in total. The average molecular weight is 447 g/mol. The van der Waals surface area contributed by atoms with Crippen molar-refractivity contribution in [2.24, 2.45) is 0 Å². The molecule has 4 aromatic rings. The Morgan fingerprint density at radius 1 is 1.00 bits per heavy atom. The van der Waals surface area contributed by atoms with Crippen molar-refractivity contribution in [1.82, 2.24) is 4.98 Å². The van der Waals surface area contributed by atoms with Crippen LogP contribution in [0.25, 0.3) is 10.2 Å². The van der Waals surface area contributed by atoms with Gasteiger partial charge in [-0.15, -0.1) is 11.8 Å². The van der Waals surface area contributed by atoms with Gasteiger partial charge in [0.05, 0.1) is 16.8 Å². The topological polar surface area (TPSA) is 33.2 Å². The molecule has 4 rings (SSSR count). The van der Waals surface area contributed by atoms with E-state index in [-0.39, 0.29) is 5.91 Å². The normalized spacial score (nSPS) is 11.0. The van der Waals surface area contributed by atoms with E-state index < -0.39 is 0 Å². The van der Waals surface area contributed by atoms with Gasteiger partial charge in [-0.25, -0.2) is 4.98 Å². The minimum atomic E-state index is 0.131. The Kier molecular flexibility index (Phi) is 7.05. The largest absolute Gasteiger partial charge is 0.284 e. The number of thioether (sulfide) groups is 1. The monoisotopic (exact) mass is 446 g/mol. The molecule has 0 aliphatic carbocycles. The van der Waals surface area contributed by atoms with Crippen LogP contribution in [0.4, 0.5) is 5.13 Å². The number of amides is 1. The highest BCUT2D eigenvalue weighted by molar-refractivity contribution is 7.99. The minimum absolute atomic E-state index is 0.131. The first kappa shape index (κ1) is 21.6. The Balaban J connectivity index is 1.51. The molecule has 0 spiro atoms. The van der Waals surface area contributed by atoms with Crippen LogP contribution in [0, 0.1) is 13.8 Å². The molecule has 3 nitrogen and oxygen atoms in total. The number of hydrogen-bond acceptors (Lipinski definition) is 4. The molecule has 1 heterocycles. The van der Waals surface area contributed by atoms with Gasteiger partial charge in [-0.2, -0.15) is 0 Å². The second-order valence-corrected chi connectivity index (χ2v) is 9.80. The summed E-state index contributed by atoms with van der Waals surface area (Å²) in [6.45, 7) is 4.74. The fourth-order valence-electron chi connectivity index (χ4n) is 3.57. The summed E-state index contributed by atoms with van der Waals surface area (Å²) in [6.07, 6.45) is 1.35. The first-order valence-corrected chi connectivity index (χ1v) is 12.3. The van der Waals surface area contributed by atoms with Crippen molar-refractivity contribution in [3.63, 3.8) is 0 Å². The second kappa shape index (κ2) is 10.1. The predicted molar refractivity (Wildman–Crippen MR) is 133 cm³/mol. The number of aryl methyl sites for hydroxylation is 2. The van der Waals surface area contributed by atoms with Gasteiger partial charge in [0.25, 0.3) is 0 Å². The van der Waals surface area contributed by atoms with Gasteiger partial charge < -0.3 is 0 Å². The Labute approximate surface area is 192 Å². The van der Waals surface area contributed by atoms with E-state index in [2.05, 4.69) is 50.2 Å². The lowest BCUT2D eigenvalue weighted by molar-refractivity contribution is -0.118. The summed E-state index contributed by atoms with van der Waals surface area (Å²) in [4.78, 5) is 21.2. The molecule has 0 saturated carbocycles. The molecular weight excluding hydrogens is 420 g/mol. The third-order valence-corrected chi connectivity index (χ3v) is 7.40. The van der Waals surface area contributed by atoms with Crippen molar-refractivity contribution in [3.05, 3.63) is 89.5 Å². The summed E-state index contributed by atoms with van der Waals surface area (Å²) >= 11 is 3.41. The number of nitrogens with zero attached hydrogens (tertiary/aromatic N) is 2. The van der Waals surface area contributed by atoms with Crippen LogP contribution in [-0.4, -0.2) is 16.6 Å². The maximum atomic E-state index is 13.3. The summed E-state index contributed by atoms with van der Waals surface area (Å²) in [7, 11) is 0. The smallest absolute Gasteiger partial charge is 0.229 e. The van der Waals surface area contributed by atoms with Crippen molar-refractivity contribution in [3.8, 4) is 0 Å². The number of aromatic nitrogens is 1. The highest BCUT2D eigenvalue weighted by Crippen LogP contribution is 2.33. The maximum absolute atomic E-state index is 13.3. The van der Waals surface area contributed by atoms with Crippen molar-refractivity contribution >= 4 is 44.4 Å². The maximum Gasteiger partial charge on any atom is 0.229 e. The first-order valence-electron chi connectivity index (χ1n) is 10.5. The van der Waals surface area contributed by atoms with E-state index >= 15 is 0 Å². The van der Waals surface area contributed by atoms with Crippen LogP contribution in [0.3, 0.4) is 0 Å². The van der Waals surface area contributed by atoms with E-state index in [0.717, 1.165) is 33.1 Å². The number of benzene rings is 3. The van der Waals surface area contributed by atoms with Crippen molar-refractivity contribution in [2.45, 2.75) is 38.1 Å². The van der Waals surface area contributed by atoms with Gasteiger partial charge in [0.15, 0.2) is 5.13 Å². The van der Waals surface area contributed by atoms with Crippen molar-refractivity contribution in [2.75, 3.05) is 10.7 Å². The second-order valence-electron chi connectivity index (χ2n) is 7.66. The van der Waals surface area contributed by atoms with E-state index in [0.29, 0.717) is 13.0 Å². The molecule has 31 heavy (non-hydrogen) atoms. The van der Waals surface area contributed by atoms with E-state index in [1.54, 1.807) is 23.1 Å². The van der Waals surface area contributed by atoms with Crippen molar-refractivity contribution < 1.29 is 4.79 Å². The zero-order chi connectivity index (χ0) is 21.6. The molecule has 0 bridgehead atoms. The van der Waals surface area contributed by atoms with Crippen LogP contribution < -0.4 is 4.90 Å². The van der Waals surface area contributed by atoms with E-state index in [9.17, 15) is 4.79 Å². The van der Waals surface area contributed by atoms with Crippen LogP contribution >= 0.6 is 23.1 Å². The Morgan fingerprint density at radius 2 is 1.71 bits per heavy atom. The first-order chi connectivity index (χ1) is 15.1. The molecule has 0 radical (unpaired) electrons. The average Bonchev–Trinajstić information content (AvgIpc) is 3.20. The van der Waals surface area contributed by atoms with Crippen molar-refractivity contribution in [1.29, 1.82) is 0 Å². The van der Waals surface area contributed by atoms with Gasteiger partial charge in [0.2, 0.25) is 5.91 Å². The number of carbonyl (C=O) groups excluding carboxylic acids is 1. The van der Waals surface area contributed by atoms with Crippen LogP contribution in [0.1, 0.15) is 29.5 Å². The molecule has 5 heteroatoms. The molecule has 1 aromatic heterocycles. The Bertz CT molecular complexity index is 1160. The molecule has 0 atom stereocenters. The van der Waals surface area contributed by atoms with Gasteiger partial charge in [-0.05, 0) is 60.9 Å². The highest BCUT2D eigenvalue weighted by atomic mass is 32.2. The lowest BCUT2D eigenvalue weighted by atomic mass is 10.1. The van der Waals surface area contributed by atoms with Crippen LogP contribution in [-0.2, 0) is 11.3 Å². The van der Waals surface area contributed by atoms with Gasteiger partial charge in [0, 0.05) is 11.3 Å². The van der Waals surface area contributed by atoms with Gasteiger partial charge in [-0.3, -0.25) is 9.69 Å². The van der Waals surface area contributed by atoms with Gasteiger partial charge >= 0.3 is 0 Å². The zero-order valence-electron chi connectivity index (χ0n) is 17.9. The number of hydrogen-bond donors (Lipinski definition) is 0. The minimum Gasteiger partial charge on any atom is -0.284 e. The summed E-state index contributed by atoms with van der Waals surface area (Å²) in [6, 6.07) is 24.8. The Hall–Kier alpha value is -2.63. The number of thiazole rings is 1. The van der Waals surface area contributed by atoms with Crippen LogP contribution in [0.15, 0.2) is 77.7 Å². The summed E-state index contributed by atoms with van der Waals surface area (Å²) in [5.74, 6) is 1.05. The summed E-state index contributed by atoms with van der Waals surface area (Å²) in [5.41, 5.74) is 4.50. The van der Waals surface area contributed by atoms with E-state index in [1.165, 1.54) is 16.0 Å². The summed E-state index contributed by atoms with van der Waals surface area (Å²) < 4.78 is 1.16. The standard InChI is InChI=1S/C26H26N2OS2/c1-19-16-20(2)25-23(17-19)27-26(31-25)28(18-21-10-5-3-6-11-21)24(29)14-9-15-30-22-12-7-4-8-13-22/h3-8,10-13,16-17H,9,14-15,18H2,1-2H3. The molecule has 3 aromatic carbocycles. The molecule has 0 unspecified atom stereocenters. The number of fused-ring (bicyclic) bond motifs is 1. The van der Waals surface area contributed by atoms with E-state index in [4.69, 9.17) is 4.98 Å². The quantitative estimate of drug-likeness (QED) is 0.215. The number of anilines is 1. The predicted octanol–water partition coefficient (Wildman–Crippen LogP) is 7.02. The van der Waals surface area contributed by atoms with E-state index in [1.807, 2.05) is 41.3 Å². The van der Waals surface area contributed by atoms with Crippen LogP contribution in [0.2, 0.25) is 0 Å². The molecule has 1 amide bonds. The Morgan fingerprint density at radius 3 is 2.45 bits per heavy atom. The van der Waals surface area contributed by atoms with Gasteiger partial charge in [0.1, 0.15) is 0 Å². The molecule has 158 valence electrons. The third-order valence-electron chi connectivity index (χ3n) is 5.07. The van der Waals surface area contributed by atoms with Gasteiger partial charge in [-0.1, -0.05) is 65.9 Å². The fraction of sp³-hybridized carbons (Fsp3) is 0.231. The summed E-state index contributed by atoms with van der Waals surface area (Å²) in [5, 5.41) is 0.785. The molecule has 0 fully saturated rings. The number of carbonyl (C=O) groups is 1. The lowest BCUT2D eigenvalue weighted by Crippen LogP contribution is -2.30. The highest BCUT2D eigenvalue weighted by Gasteiger charge is 2.20. The zero-order valence-corrected chi connectivity index (χ0v) is 19.5.